The predicted molar refractivity (Wildman–Crippen MR) is 63.4 cm³/mol. The van der Waals surface area contributed by atoms with Crippen LogP contribution in [0.2, 0.25) is 0 Å². The lowest BCUT2D eigenvalue weighted by Crippen LogP contribution is -2.49. The molecule has 0 bridgehead atoms. The zero-order valence-electron chi connectivity index (χ0n) is 10.1. The highest BCUT2D eigenvalue weighted by atomic mass is 19.3. The molecule has 1 aromatic carbocycles. The molecule has 1 heterocycles. The molecule has 0 radical (unpaired) electrons. The molecule has 3 N–H and O–H groups in total. The maximum Gasteiger partial charge on any atom is 0.277 e. The Labute approximate surface area is 108 Å². The SMILES string of the molecule is NCC(F)(F)CNC(=O)C1COc2ccccc2O1. The van der Waals surface area contributed by atoms with E-state index in [1.54, 1.807) is 24.3 Å². The van der Waals surface area contributed by atoms with Crippen LogP contribution in [0.1, 0.15) is 0 Å². The number of nitrogens with two attached hydrogens (primary N) is 1. The number of ether oxygens (including phenoxy) is 2. The van der Waals surface area contributed by atoms with E-state index in [0.717, 1.165) is 0 Å². The number of hydrogen-bond donors (Lipinski definition) is 2. The molecular weight excluding hydrogens is 258 g/mol. The van der Waals surface area contributed by atoms with E-state index in [1.165, 1.54) is 0 Å². The summed E-state index contributed by atoms with van der Waals surface area (Å²) >= 11 is 0. The molecule has 0 saturated carbocycles. The second kappa shape index (κ2) is 5.40. The van der Waals surface area contributed by atoms with Gasteiger partial charge in [-0.05, 0) is 12.1 Å². The maximum atomic E-state index is 12.9. The number of rotatable bonds is 4. The van der Waals surface area contributed by atoms with E-state index in [9.17, 15) is 13.6 Å². The fourth-order valence-corrected chi connectivity index (χ4v) is 1.55. The van der Waals surface area contributed by atoms with Crippen molar-refractivity contribution >= 4 is 5.91 Å². The van der Waals surface area contributed by atoms with E-state index >= 15 is 0 Å². The molecule has 0 saturated heterocycles. The lowest BCUT2D eigenvalue weighted by molar-refractivity contribution is -0.132. The van der Waals surface area contributed by atoms with Gasteiger partial charge in [-0.3, -0.25) is 4.79 Å². The van der Waals surface area contributed by atoms with Crippen molar-refractivity contribution in [1.82, 2.24) is 5.32 Å². The number of alkyl halides is 2. The zero-order valence-corrected chi connectivity index (χ0v) is 10.1. The third-order valence-corrected chi connectivity index (χ3v) is 2.62. The summed E-state index contributed by atoms with van der Waals surface area (Å²) in [6.45, 7) is -1.65. The van der Waals surface area contributed by atoms with Crippen molar-refractivity contribution in [2.24, 2.45) is 5.73 Å². The number of halogens is 2. The third kappa shape index (κ3) is 3.31. The lowest BCUT2D eigenvalue weighted by atomic mass is 10.2. The van der Waals surface area contributed by atoms with Crippen molar-refractivity contribution in [2.75, 3.05) is 19.7 Å². The first-order valence-electron chi connectivity index (χ1n) is 5.76. The molecule has 1 aliphatic rings. The highest BCUT2D eigenvalue weighted by molar-refractivity contribution is 5.81. The number of para-hydroxylation sites is 2. The molecular formula is C12H14F2N2O3. The summed E-state index contributed by atoms with van der Waals surface area (Å²) in [4.78, 5) is 11.7. The Kier molecular flexibility index (Phi) is 3.84. The Morgan fingerprint density at radius 1 is 1.42 bits per heavy atom. The van der Waals surface area contributed by atoms with Crippen LogP contribution in [0.4, 0.5) is 8.78 Å². The van der Waals surface area contributed by atoms with Crippen LogP contribution >= 0.6 is 0 Å². The van der Waals surface area contributed by atoms with Gasteiger partial charge >= 0.3 is 0 Å². The first-order chi connectivity index (χ1) is 9.02. The van der Waals surface area contributed by atoms with Gasteiger partial charge < -0.3 is 20.5 Å². The van der Waals surface area contributed by atoms with Crippen molar-refractivity contribution in [2.45, 2.75) is 12.0 Å². The number of hydrogen-bond acceptors (Lipinski definition) is 4. The Morgan fingerprint density at radius 3 is 2.79 bits per heavy atom. The summed E-state index contributed by atoms with van der Waals surface area (Å²) in [6, 6.07) is 6.84. The molecule has 1 atom stereocenters. The minimum absolute atomic E-state index is 0.0168. The van der Waals surface area contributed by atoms with E-state index in [2.05, 4.69) is 5.32 Å². The van der Waals surface area contributed by atoms with Gasteiger partial charge in [0.15, 0.2) is 11.5 Å². The quantitative estimate of drug-likeness (QED) is 0.839. The van der Waals surface area contributed by atoms with Gasteiger partial charge in [0.2, 0.25) is 6.10 Å². The number of benzene rings is 1. The minimum atomic E-state index is -3.12. The Hall–Kier alpha value is -1.89. The van der Waals surface area contributed by atoms with Crippen molar-refractivity contribution in [3.8, 4) is 11.5 Å². The third-order valence-electron chi connectivity index (χ3n) is 2.62. The maximum absolute atomic E-state index is 12.9. The number of nitrogens with one attached hydrogen (secondary N) is 1. The molecule has 1 aliphatic heterocycles. The molecule has 5 nitrogen and oxygen atoms in total. The summed E-state index contributed by atoms with van der Waals surface area (Å²) in [6.07, 6.45) is -0.941. The van der Waals surface area contributed by atoms with E-state index < -0.39 is 31.0 Å². The van der Waals surface area contributed by atoms with Gasteiger partial charge in [-0.15, -0.1) is 0 Å². The van der Waals surface area contributed by atoms with Crippen molar-refractivity contribution < 1.29 is 23.0 Å². The molecule has 1 aromatic rings. The van der Waals surface area contributed by atoms with E-state index in [4.69, 9.17) is 15.2 Å². The van der Waals surface area contributed by atoms with Crippen LogP contribution in [0.15, 0.2) is 24.3 Å². The molecule has 1 amide bonds. The van der Waals surface area contributed by atoms with Crippen LogP contribution in [-0.4, -0.2) is 37.6 Å². The highest BCUT2D eigenvalue weighted by Crippen LogP contribution is 2.30. The summed E-state index contributed by atoms with van der Waals surface area (Å²) in [5, 5.41) is 2.10. The number of fused-ring (bicyclic) bond motifs is 1. The van der Waals surface area contributed by atoms with Gasteiger partial charge in [-0.1, -0.05) is 12.1 Å². The summed E-state index contributed by atoms with van der Waals surface area (Å²) in [5.41, 5.74) is 4.88. The lowest BCUT2D eigenvalue weighted by Gasteiger charge is -2.26. The van der Waals surface area contributed by atoms with E-state index in [1.807, 2.05) is 0 Å². The highest BCUT2D eigenvalue weighted by Gasteiger charge is 2.31. The Bertz CT molecular complexity index is 468. The second-order valence-corrected chi connectivity index (χ2v) is 4.14. The average molecular weight is 272 g/mol. The first-order valence-corrected chi connectivity index (χ1v) is 5.76. The van der Waals surface area contributed by atoms with Crippen LogP contribution in [0, 0.1) is 0 Å². The van der Waals surface area contributed by atoms with Crippen molar-refractivity contribution in [3.05, 3.63) is 24.3 Å². The van der Waals surface area contributed by atoms with Crippen LogP contribution in [0.25, 0.3) is 0 Å². The van der Waals surface area contributed by atoms with Crippen LogP contribution in [-0.2, 0) is 4.79 Å². The molecule has 0 spiro atoms. The fourth-order valence-electron chi connectivity index (χ4n) is 1.55. The van der Waals surface area contributed by atoms with Gasteiger partial charge in [0.1, 0.15) is 6.61 Å². The van der Waals surface area contributed by atoms with Gasteiger partial charge in [-0.2, -0.15) is 0 Å². The zero-order chi connectivity index (χ0) is 13.9. The number of amides is 1. The molecule has 7 heteroatoms. The minimum Gasteiger partial charge on any atom is -0.485 e. The predicted octanol–water partition coefficient (Wildman–Crippen LogP) is 0.537. The monoisotopic (exact) mass is 272 g/mol. The topological polar surface area (TPSA) is 73.6 Å². The van der Waals surface area contributed by atoms with Gasteiger partial charge in [0, 0.05) is 0 Å². The smallest absolute Gasteiger partial charge is 0.277 e. The largest absolute Gasteiger partial charge is 0.485 e. The fraction of sp³-hybridized carbons (Fsp3) is 0.417. The normalized spacial score (nSPS) is 17.9. The van der Waals surface area contributed by atoms with Crippen LogP contribution in [0.3, 0.4) is 0 Å². The summed E-state index contributed by atoms with van der Waals surface area (Å²) < 4.78 is 36.5. The average Bonchev–Trinajstić information content (AvgIpc) is 2.44. The van der Waals surface area contributed by atoms with Gasteiger partial charge in [0.25, 0.3) is 11.8 Å². The van der Waals surface area contributed by atoms with Crippen LogP contribution in [0.5, 0.6) is 11.5 Å². The van der Waals surface area contributed by atoms with E-state index in [-0.39, 0.29) is 6.61 Å². The molecule has 2 rings (SSSR count). The first kappa shape index (κ1) is 13.5. The molecule has 1 unspecified atom stereocenters. The number of carbonyl (C=O) groups excluding carboxylic acids is 1. The molecule has 19 heavy (non-hydrogen) atoms. The second-order valence-electron chi connectivity index (χ2n) is 4.14. The van der Waals surface area contributed by atoms with Crippen LogP contribution < -0.4 is 20.5 Å². The van der Waals surface area contributed by atoms with Crippen molar-refractivity contribution in [1.29, 1.82) is 0 Å². The van der Waals surface area contributed by atoms with Gasteiger partial charge in [0.05, 0.1) is 13.1 Å². The van der Waals surface area contributed by atoms with Crippen molar-refractivity contribution in [3.63, 3.8) is 0 Å². The van der Waals surface area contributed by atoms with Gasteiger partial charge in [-0.25, -0.2) is 8.78 Å². The summed E-state index contributed by atoms with van der Waals surface area (Å²) in [5.74, 6) is -2.83. The van der Waals surface area contributed by atoms with E-state index in [0.29, 0.717) is 11.5 Å². The molecule has 104 valence electrons. The number of carbonyl (C=O) groups is 1. The standard InChI is InChI=1S/C12H14F2N2O3/c13-12(14,6-15)7-16-11(17)10-5-18-8-3-1-2-4-9(8)19-10/h1-4,10H,5-7,15H2,(H,16,17). The molecule has 0 aromatic heterocycles. The Balaban J connectivity index is 1.92. The molecule has 0 aliphatic carbocycles. The molecule has 0 fully saturated rings. The Morgan fingerprint density at radius 2 is 2.11 bits per heavy atom. The summed E-state index contributed by atoms with van der Waals surface area (Å²) in [7, 11) is 0.